The molecule has 0 aromatic heterocycles. The van der Waals surface area contributed by atoms with Gasteiger partial charge in [-0.1, -0.05) is 6.07 Å². The van der Waals surface area contributed by atoms with Crippen LogP contribution < -0.4 is 11.1 Å². The van der Waals surface area contributed by atoms with Gasteiger partial charge < -0.3 is 16.2 Å². The molecule has 0 spiro atoms. The number of alkyl halides is 3. The lowest BCUT2D eigenvalue weighted by Crippen LogP contribution is -2.35. The number of aryl methyl sites for hydroxylation is 1. The Morgan fingerprint density at radius 2 is 2.06 bits per heavy atom. The first-order valence-electron chi connectivity index (χ1n) is 4.65. The molecule has 3 nitrogen and oxygen atoms in total. The number of rotatable bonds is 3. The predicted molar refractivity (Wildman–Crippen MR) is 56.1 cm³/mol. The van der Waals surface area contributed by atoms with Crippen molar-refractivity contribution >= 4 is 11.4 Å². The molecule has 0 radical (unpaired) electrons. The van der Waals surface area contributed by atoms with Gasteiger partial charge in [0, 0.05) is 6.54 Å². The lowest BCUT2D eigenvalue weighted by atomic mass is 10.2. The van der Waals surface area contributed by atoms with Gasteiger partial charge in [0.2, 0.25) is 0 Å². The molecule has 1 atom stereocenters. The Morgan fingerprint density at radius 3 is 2.56 bits per heavy atom. The monoisotopic (exact) mass is 234 g/mol. The zero-order chi connectivity index (χ0) is 12.3. The van der Waals surface area contributed by atoms with E-state index in [9.17, 15) is 13.2 Å². The van der Waals surface area contributed by atoms with Crippen molar-refractivity contribution in [2.75, 3.05) is 17.6 Å². The lowest BCUT2D eigenvalue weighted by Gasteiger charge is -2.16. The number of nitrogens with one attached hydrogen (secondary N) is 1. The van der Waals surface area contributed by atoms with Crippen molar-refractivity contribution in [3.8, 4) is 0 Å². The molecule has 0 fully saturated rings. The van der Waals surface area contributed by atoms with Crippen LogP contribution in [0.15, 0.2) is 18.2 Å². The van der Waals surface area contributed by atoms with Crippen molar-refractivity contribution in [1.29, 1.82) is 0 Å². The minimum absolute atomic E-state index is 0.356. The highest BCUT2D eigenvalue weighted by atomic mass is 19.4. The summed E-state index contributed by atoms with van der Waals surface area (Å²) in [5.74, 6) is 0. The smallest absolute Gasteiger partial charge is 0.397 e. The van der Waals surface area contributed by atoms with E-state index in [0.29, 0.717) is 11.4 Å². The molecule has 0 aliphatic heterocycles. The molecule has 0 aliphatic carbocycles. The van der Waals surface area contributed by atoms with Crippen LogP contribution in [0.5, 0.6) is 0 Å². The quantitative estimate of drug-likeness (QED) is 0.700. The molecule has 0 amide bonds. The van der Waals surface area contributed by atoms with E-state index >= 15 is 0 Å². The fourth-order valence-electron chi connectivity index (χ4n) is 1.17. The molecular weight excluding hydrogens is 221 g/mol. The van der Waals surface area contributed by atoms with Gasteiger partial charge in [-0.25, -0.2) is 0 Å². The highest BCUT2D eigenvalue weighted by molar-refractivity contribution is 5.66. The van der Waals surface area contributed by atoms with Gasteiger partial charge in [-0.3, -0.25) is 0 Å². The Bertz CT molecular complexity index is 366. The molecule has 0 bridgehead atoms. The summed E-state index contributed by atoms with van der Waals surface area (Å²) in [5, 5.41) is 11.2. The number of benzene rings is 1. The second kappa shape index (κ2) is 4.61. The Morgan fingerprint density at radius 1 is 1.44 bits per heavy atom. The van der Waals surface area contributed by atoms with Crippen LogP contribution in [-0.2, 0) is 0 Å². The summed E-state index contributed by atoms with van der Waals surface area (Å²) >= 11 is 0. The van der Waals surface area contributed by atoms with Gasteiger partial charge in [0.1, 0.15) is 0 Å². The van der Waals surface area contributed by atoms with Crippen LogP contribution >= 0.6 is 0 Å². The number of nitrogens with two attached hydrogens (primary N) is 1. The van der Waals surface area contributed by atoms with E-state index in [0.717, 1.165) is 5.56 Å². The van der Waals surface area contributed by atoms with E-state index in [1.54, 1.807) is 18.2 Å². The van der Waals surface area contributed by atoms with Crippen LogP contribution in [0.1, 0.15) is 5.56 Å². The van der Waals surface area contributed by atoms with Crippen LogP contribution in [0, 0.1) is 6.92 Å². The van der Waals surface area contributed by atoms with Crippen molar-refractivity contribution in [3.05, 3.63) is 23.8 Å². The molecule has 16 heavy (non-hydrogen) atoms. The molecule has 0 saturated heterocycles. The topological polar surface area (TPSA) is 58.3 Å². The maximum atomic E-state index is 12.0. The number of anilines is 2. The summed E-state index contributed by atoms with van der Waals surface area (Å²) in [4.78, 5) is 0. The fourth-order valence-corrected chi connectivity index (χ4v) is 1.17. The van der Waals surface area contributed by atoms with Gasteiger partial charge in [-0.15, -0.1) is 0 Å². The molecule has 0 heterocycles. The maximum absolute atomic E-state index is 12.0. The summed E-state index contributed by atoms with van der Waals surface area (Å²) in [5.41, 5.74) is 7.25. The Labute approximate surface area is 91.1 Å². The fraction of sp³-hybridized carbons (Fsp3) is 0.400. The van der Waals surface area contributed by atoms with Crippen LogP contribution in [0.4, 0.5) is 24.5 Å². The van der Waals surface area contributed by atoms with Crippen molar-refractivity contribution < 1.29 is 18.3 Å². The van der Waals surface area contributed by atoms with Gasteiger partial charge in [-0.05, 0) is 24.6 Å². The van der Waals surface area contributed by atoms with Gasteiger partial charge in [0.25, 0.3) is 0 Å². The summed E-state index contributed by atoms with van der Waals surface area (Å²) < 4.78 is 36.0. The normalized spacial score (nSPS) is 13.6. The Balaban J connectivity index is 2.62. The van der Waals surface area contributed by atoms with E-state index in [1.165, 1.54) is 0 Å². The SMILES string of the molecule is Cc1ccc(NCC(O)C(F)(F)F)c(N)c1. The number of hydrogen-bond acceptors (Lipinski definition) is 3. The average Bonchev–Trinajstić information content (AvgIpc) is 2.14. The predicted octanol–water partition coefficient (Wildman–Crippen LogP) is 1.91. The Hall–Kier alpha value is -1.43. The Kier molecular flexibility index (Phi) is 3.64. The average molecular weight is 234 g/mol. The molecule has 0 saturated carbocycles. The van der Waals surface area contributed by atoms with Crippen molar-refractivity contribution in [2.45, 2.75) is 19.2 Å². The first-order chi connectivity index (χ1) is 7.30. The second-order valence-electron chi connectivity index (χ2n) is 3.53. The largest absolute Gasteiger partial charge is 0.416 e. The van der Waals surface area contributed by atoms with Gasteiger partial charge in [-0.2, -0.15) is 13.2 Å². The van der Waals surface area contributed by atoms with E-state index in [2.05, 4.69) is 5.32 Å². The second-order valence-corrected chi connectivity index (χ2v) is 3.53. The van der Waals surface area contributed by atoms with Crippen LogP contribution in [-0.4, -0.2) is 23.9 Å². The molecule has 1 unspecified atom stereocenters. The summed E-state index contributed by atoms with van der Waals surface area (Å²) in [7, 11) is 0. The zero-order valence-electron chi connectivity index (χ0n) is 8.67. The maximum Gasteiger partial charge on any atom is 0.416 e. The van der Waals surface area contributed by atoms with Gasteiger partial charge >= 0.3 is 6.18 Å². The highest BCUT2D eigenvalue weighted by Crippen LogP contribution is 2.23. The zero-order valence-corrected chi connectivity index (χ0v) is 8.67. The number of nitrogen functional groups attached to an aromatic ring is 1. The number of aliphatic hydroxyl groups excluding tert-OH is 1. The summed E-state index contributed by atoms with van der Waals surface area (Å²) in [6.45, 7) is 1.21. The highest BCUT2D eigenvalue weighted by Gasteiger charge is 2.37. The number of halogens is 3. The minimum Gasteiger partial charge on any atom is -0.397 e. The van der Waals surface area contributed by atoms with E-state index in [1.807, 2.05) is 6.92 Å². The lowest BCUT2D eigenvalue weighted by molar-refractivity contribution is -0.198. The third-order valence-electron chi connectivity index (χ3n) is 2.07. The molecule has 1 rings (SSSR count). The molecule has 0 aliphatic rings. The van der Waals surface area contributed by atoms with E-state index in [4.69, 9.17) is 10.8 Å². The molecule has 4 N–H and O–H groups in total. The third kappa shape index (κ3) is 3.30. The van der Waals surface area contributed by atoms with Crippen molar-refractivity contribution in [3.63, 3.8) is 0 Å². The molecule has 90 valence electrons. The molecule has 1 aromatic carbocycles. The van der Waals surface area contributed by atoms with E-state index in [-0.39, 0.29) is 0 Å². The molecule has 6 heteroatoms. The number of aliphatic hydroxyl groups is 1. The van der Waals surface area contributed by atoms with Crippen LogP contribution in [0.2, 0.25) is 0 Å². The summed E-state index contributed by atoms with van der Waals surface area (Å²) in [6, 6.07) is 4.94. The van der Waals surface area contributed by atoms with Crippen LogP contribution in [0.25, 0.3) is 0 Å². The minimum atomic E-state index is -4.62. The third-order valence-corrected chi connectivity index (χ3v) is 2.07. The van der Waals surface area contributed by atoms with Crippen LogP contribution in [0.3, 0.4) is 0 Å². The van der Waals surface area contributed by atoms with Crippen molar-refractivity contribution in [1.82, 2.24) is 0 Å². The molecular formula is C10H13F3N2O. The summed E-state index contributed by atoms with van der Waals surface area (Å²) in [6.07, 6.45) is -7.01. The number of hydrogen-bond donors (Lipinski definition) is 3. The van der Waals surface area contributed by atoms with Gasteiger partial charge in [0.05, 0.1) is 11.4 Å². The standard InChI is InChI=1S/C10H13F3N2O/c1-6-2-3-8(7(14)4-6)15-5-9(16)10(11,12)13/h2-4,9,15-16H,5,14H2,1H3. The molecule has 1 aromatic rings. The van der Waals surface area contributed by atoms with Crippen molar-refractivity contribution in [2.24, 2.45) is 0 Å². The first kappa shape index (κ1) is 12.6. The van der Waals surface area contributed by atoms with E-state index < -0.39 is 18.8 Å². The first-order valence-corrected chi connectivity index (χ1v) is 4.65. The van der Waals surface area contributed by atoms with Gasteiger partial charge in [0.15, 0.2) is 6.10 Å².